The van der Waals surface area contributed by atoms with Gasteiger partial charge in [-0.25, -0.2) is 9.78 Å². The minimum atomic E-state index is -0.926. The van der Waals surface area contributed by atoms with E-state index in [0.717, 1.165) is 42.6 Å². The number of nitrogens with one attached hydrogen (secondary N) is 1. The molecule has 6 heteroatoms. The maximum absolute atomic E-state index is 11.9. The van der Waals surface area contributed by atoms with Crippen molar-refractivity contribution in [1.82, 2.24) is 10.3 Å². The summed E-state index contributed by atoms with van der Waals surface area (Å²) in [6.07, 6.45) is 5.60. The first-order chi connectivity index (χ1) is 11.6. The first-order valence-corrected chi connectivity index (χ1v) is 9.30. The van der Waals surface area contributed by atoms with Crippen molar-refractivity contribution in [3.63, 3.8) is 0 Å². The molecule has 1 aliphatic carbocycles. The molecule has 1 amide bonds. The van der Waals surface area contributed by atoms with Crippen LogP contribution in [0.3, 0.4) is 0 Å². The summed E-state index contributed by atoms with van der Waals surface area (Å²) in [6.45, 7) is 0. The second kappa shape index (κ2) is 7.75. The Morgan fingerprint density at radius 1 is 1.29 bits per heavy atom. The number of nitrogens with zero attached hydrogens (tertiary/aromatic N) is 1. The summed E-state index contributed by atoms with van der Waals surface area (Å²) in [5.74, 6) is -0.609. The molecule has 1 aromatic carbocycles. The van der Waals surface area contributed by atoms with E-state index in [1.165, 1.54) is 4.70 Å². The van der Waals surface area contributed by atoms with Gasteiger partial charge in [-0.3, -0.25) is 4.79 Å². The summed E-state index contributed by atoms with van der Waals surface area (Å²) in [4.78, 5) is 27.7. The lowest BCUT2D eigenvalue weighted by Crippen LogP contribution is -2.41. The lowest BCUT2D eigenvalue weighted by Gasteiger charge is -2.13. The molecule has 1 heterocycles. The second-order valence-electron chi connectivity index (χ2n) is 6.42. The molecule has 1 atom stereocenters. The fourth-order valence-electron chi connectivity index (χ4n) is 2.76. The van der Waals surface area contributed by atoms with Crippen LogP contribution >= 0.6 is 11.3 Å². The van der Waals surface area contributed by atoms with E-state index in [9.17, 15) is 9.59 Å². The van der Waals surface area contributed by atoms with E-state index in [1.54, 1.807) is 11.3 Å². The molecule has 0 saturated heterocycles. The van der Waals surface area contributed by atoms with Crippen molar-refractivity contribution >= 4 is 33.4 Å². The van der Waals surface area contributed by atoms with E-state index >= 15 is 0 Å². The number of amides is 1. The molecule has 0 radical (unpaired) electrons. The van der Waals surface area contributed by atoms with E-state index in [4.69, 9.17) is 5.11 Å². The van der Waals surface area contributed by atoms with Gasteiger partial charge in [0, 0.05) is 6.42 Å². The first kappa shape index (κ1) is 16.9. The van der Waals surface area contributed by atoms with Crippen LogP contribution in [-0.2, 0) is 16.0 Å². The van der Waals surface area contributed by atoms with Crippen molar-refractivity contribution < 1.29 is 14.7 Å². The molecule has 128 valence electrons. The van der Waals surface area contributed by atoms with Crippen LogP contribution in [0.15, 0.2) is 24.3 Å². The maximum Gasteiger partial charge on any atom is 0.326 e. The number of fused-ring (bicyclic) bond motifs is 1. The van der Waals surface area contributed by atoms with Gasteiger partial charge < -0.3 is 10.4 Å². The van der Waals surface area contributed by atoms with Crippen molar-refractivity contribution in [3.05, 3.63) is 29.3 Å². The molecule has 1 unspecified atom stereocenters. The number of hydrogen-bond acceptors (Lipinski definition) is 4. The van der Waals surface area contributed by atoms with Gasteiger partial charge in [0.15, 0.2) is 0 Å². The van der Waals surface area contributed by atoms with Crippen molar-refractivity contribution in [1.29, 1.82) is 0 Å². The molecule has 0 bridgehead atoms. The van der Waals surface area contributed by atoms with Crippen molar-refractivity contribution in [3.8, 4) is 0 Å². The minimum absolute atomic E-state index is 0.160. The molecule has 24 heavy (non-hydrogen) atoms. The zero-order valence-electron chi connectivity index (χ0n) is 13.5. The zero-order valence-corrected chi connectivity index (χ0v) is 14.3. The molecular weight excluding hydrogens is 324 g/mol. The van der Waals surface area contributed by atoms with E-state index in [2.05, 4.69) is 16.4 Å². The number of hydrogen-bond donors (Lipinski definition) is 2. The van der Waals surface area contributed by atoms with E-state index < -0.39 is 12.0 Å². The molecular formula is C18H22N2O3S. The Balaban J connectivity index is 1.38. The summed E-state index contributed by atoms with van der Waals surface area (Å²) < 4.78 is 1.19. The molecule has 1 aromatic heterocycles. The van der Waals surface area contributed by atoms with Crippen LogP contribution in [0.25, 0.3) is 10.2 Å². The molecule has 5 nitrogen and oxygen atoms in total. The van der Waals surface area contributed by atoms with Crippen LogP contribution in [0.1, 0.15) is 43.5 Å². The van der Waals surface area contributed by atoms with Crippen molar-refractivity contribution in [2.75, 3.05) is 0 Å². The lowest BCUT2D eigenvalue weighted by atomic mass is 10.1. The largest absolute Gasteiger partial charge is 0.480 e. The molecule has 2 N–H and O–H groups in total. The van der Waals surface area contributed by atoms with Crippen LogP contribution in [0.5, 0.6) is 0 Å². The number of aryl methyl sites for hydroxylation is 1. The Morgan fingerprint density at radius 2 is 2.08 bits per heavy atom. The third-order valence-corrected chi connectivity index (χ3v) is 5.38. The topological polar surface area (TPSA) is 79.3 Å². The van der Waals surface area contributed by atoms with Crippen LogP contribution in [0, 0.1) is 5.92 Å². The van der Waals surface area contributed by atoms with Crippen LogP contribution in [-0.4, -0.2) is 28.0 Å². The standard InChI is InChI=1S/C18H22N2O3S/c21-16(19-14(18(22)23)11-12-9-10-12)7-3-4-8-17-20-13-5-1-2-6-15(13)24-17/h1-2,5-6,12,14H,3-4,7-11H2,(H,19,21)(H,22,23). The molecule has 1 fully saturated rings. The van der Waals surface area contributed by atoms with Gasteiger partial charge in [0.1, 0.15) is 6.04 Å². The number of carbonyl (C=O) groups excluding carboxylic acids is 1. The van der Waals surface area contributed by atoms with Gasteiger partial charge in [-0.05, 0) is 43.7 Å². The summed E-state index contributed by atoms with van der Waals surface area (Å²) in [7, 11) is 0. The van der Waals surface area contributed by atoms with Gasteiger partial charge >= 0.3 is 5.97 Å². The van der Waals surface area contributed by atoms with Crippen LogP contribution in [0.2, 0.25) is 0 Å². The molecule has 2 aromatic rings. The number of aliphatic carboxylic acids is 1. The van der Waals surface area contributed by atoms with Gasteiger partial charge in [0.25, 0.3) is 0 Å². The Labute approximate surface area is 145 Å². The summed E-state index contributed by atoms with van der Waals surface area (Å²) in [5, 5.41) is 12.9. The van der Waals surface area contributed by atoms with Gasteiger partial charge in [0.05, 0.1) is 15.2 Å². The number of benzene rings is 1. The average Bonchev–Trinajstić information content (AvgIpc) is 3.27. The van der Waals surface area contributed by atoms with Gasteiger partial charge in [0.2, 0.25) is 5.91 Å². The van der Waals surface area contributed by atoms with Crippen LogP contribution < -0.4 is 5.32 Å². The number of para-hydroxylation sites is 1. The summed E-state index contributed by atoms with van der Waals surface area (Å²) in [6, 6.07) is 7.34. The minimum Gasteiger partial charge on any atom is -0.480 e. The number of carboxylic acids is 1. The van der Waals surface area contributed by atoms with Gasteiger partial charge in [-0.1, -0.05) is 25.0 Å². The van der Waals surface area contributed by atoms with Crippen molar-refractivity contribution in [2.24, 2.45) is 5.92 Å². The van der Waals surface area contributed by atoms with E-state index in [-0.39, 0.29) is 5.91 Å². The number of aromatic nitrogens is 1. The molecule has 1 aliphatic rings. The summed E-state index contributed by atoms with van der Waals surface area (Å²) >= 11 is 1.70. The second-order valence-corrected chi connectivity index (χ2v) is 7.54. The van der Waals surface area contributed by atoms with Gasteiger partial charge in [-0.15, -0.1) is 11.3 Å². The smallest absolute Gasteiger partial charge is 0.326 e. The van der Waals surface area contributed by atoms with E-state index in [1.807, 2.05) is 18.2 Å². The Hall–Kier alpha value is -1.95. The predicted octanol–water partition coefficient (Wildman–Crippen LogP) is 3.38. The lowest BCUT2D eigenvalue weighted by molar-refractivity contribution is -0.142. The number of rotatable bonds is 9. The predicted molar refractivity (Wildman–Crippen MR) is 94.1 cm³/mol. The van der Waals surface area contributed by atoms with E-state index in [0.29, 0.717) is 18.8 Å². The molecule has 1 saturated carbocycles. The molecule has 0 spiro atoms. The Bertz CT molecular complexity index is 691. The highest BCUT2D eigenvalue weighted by Crippen LogP contribution is 2.33. The SMILES string of the molecule is O=C(CCCCc1nc2ccccc2s1)NC(CC1CC1)C(=O)O. The monoisotopic (exact) mass is 346 g/mol. The van der Waals surface area contributed by atoms with Crippen molar-refractivity contribution in [2.45, 2.75) is 51.0 Å². The highest BCUT2D eigenvalue weighted by atomic mass is 32.1. The average molecular weight is 346 g/mol. The molecule has 3 rings (SSSR count). The third kappa shape index (κ3) is 4.77. The molecule has 0 aliphatic heterocycles. The van der Waals surface area contributed by atoms with Gasteiger partial charge in [-0.2, -0.15) is 0 Å². The highest BCUT2D eigenvalue weighted by Gasteiger charge is 2.29. The number of carbonyl (C=O) groups is 2. The first-order valence-electron chi connectivity index (χ1n) is 8.48. The number of carboxylic acid groups (broad SMARTS) is 1. The zero-order chi connectivity index (χ0) is 16.9. The normalized spacial score (nSPS) is 15.3. The fourth-order valence-corrected chi connectivity index (χ4v) is 3.77. The quantitative estimate of drug-likeness (QED) is 0.682. The number of unbranched alkanes of at least 4 members (excludes halogenated alkanes) is 1. The highest BCUT2D eigenvalue weighted by molar-refractivity contribution is 7.18. The third-order valence-electron chi connectivity index (χ3n) is 4.28. The Kier molecular flexibility index (Phi) is 5.45. The number of thiazole rings is 1. The summed E-state index contributed by atoms with van der Waals surface area (Å²) in [5.41, 5.74) is 1.03. The Morgan fingerprint density at radius 3 is 2.79 bits per heavy atom. The fraction of sp³-hybridized carbons (Fsp3) is 0.500. The maximum atomic E-state index is 11.9. The van der Waals surface area contributed by atoms with Crippen LogP contribution in [0.4, 0.5) is 0 Å².